The number of halogens is 2. The van der Waals surface area contributed by atoms with E-state index >= 15 is 0 Å². The molecule has 2 heterocycles. The predicted molar refractivity (Wildman–Crippen MR) is 89.6 cm³/mol. The lowest BCUT2D eigenvalue weighted by molar-refractivity contribution is -0.0514. The Bertz CT molecular complexity index is 772. The van der Waals surface area contributed by atoms with E-state index in [1.54, 1.807) is 19.1 Å². The zero-order chi connectivity index (χ0) is 17.8. The number of nitrogens with zero attached hydrogens (tertiary/aromatic N) is 2. The maximum atomic E-state index is 12.5. The number of nitrogens with one attached hydrogen (secondary N) is 1. The molecule has 1 aromatic heterocycles. The van der Waals surface area contributed by atoms with Crippen LogP contribution < -0.4 is 9.47 Å². The Balaban J connectivity index is 1.93. The second kappa shape index (κ2) is 7.92. The van der Waals surface area contributed by atoms with E-state index in [1.807, 2.05) is 4.57 Å². The van der Waals surface area contributed by atoms with Crippen LogP contribution in [0.15, 0.2) is 18.2 Å². The van der Waals surface area contributed by atoms with Gasteiger partial charge < -0.3 is 14.2 Å². The molecule has 1 aliphatic heterocycles. The molecule has 0 unspecified atom stereocenters. The van der Waals surface area contributed by atoms with Gasteiger partial charge in [-0.3, -0.25) is 9.67 Å². The lowest BCUT2D eigenvalue weighted by Gasteiger charge is -2.14. The second-order valence-corrected chi connectivity index (χ2v) is 5.96. The third-order valence-electron chi connectivity index (χ3n) is 3.89. The first kappa shape index (κ1) is 17.8. The van der Waals surface area contributed by atoms with Crippen molar-refractivity contribution in [2.24, 2.45) is 0 Å². The van der Waals surface area contributed by atoms with E-state index in [9.17, 15) is 8.78 Å². The minimum atomic E-state index is -2.92. The second-order valence-electron chi connectivity index (χ2n) is 5.57. The predicted octanol–water partition coefficient (Wildman–Crippen LogP) is 3.79. The molecule has 1 aliphatic rings. The van der Waals surface area contributed by atoms with Crippen LogP contribution in [0.3, 0.4) is 0 Å². The molecule has 2 aromatic rings. The van der Waals surface area contributed by atoms with E-state index in [2.05, 4.69) is 14.9 Å². The fraction of sp³-hybridized carbons (Fsp3) is 0.500. The van der Waals surface area contributed by atoms with Gasteiger partial charge in [-0.15, -0.1) is 0 Å². The lowest BCUT2D eigenvalue weighted by Crippen LogP contribution is -2.16. The van der Waals surface area contributed by atoms with Crippen molar-refractivity contribution in [3.05, 3.63) is 23.0 Å². The van der Waals surface area contributed by atoms with Crippen molar-refractivity contribution >= 4 is 12.2 Å². The van der Waals surface area contributed by atoms with Crippen molar-refractivity contribution in [2.45, 2.75) is 39.0 Å². The van der Waals surface area contributed by atoms with Crippen LogP contribution in [0.25, 0.3) is 11.4 Å². The van der Waals surface area contributed by atoms with Gasteiger partial charge in [0.1, 0.15) is 0 Å². The molecule has 1 atom stereocenters. The van der Waals surface area contributed by atoms with E-state index in [1.165, 1.54) is 6.07 Å². The zero-order valence-corrected chi connectivity index (χ0v) is 14.5. The summed E-state index contributed by atoms with van der Waals surface area (Å²) in [6, 6.07) is 4.72. The molecule has 0 radical (unpaired) electrons. The molecule has 3 rings (SSSR count). The van der Waals surface area contributed by atoms with Gasteiger partial charge in [0.2, 0.25) is 0 Å². The smallest absolute Gasteiger partial charge is 0.387 e. The van der Waals surface area contributed by atoms with Gasteiger partial charge in [0, 0.05) is 12.2 Å². The van der Waals surface area contributed by atoms with Crippen LogP contribution in [0, 0.1) is 4.77 Å². The van der Waals surface area contributed by atoms with Gasteiger partial charge in [0.25, 0.3) is 0 Å². The molecular formula is C16H19F2N3O3S. The Hall–Kier alpha value is -2.00. The van der Waals surface area contributed by atoms with Gasteiger partial charge >= 0.3 is 6.61 Å². The fourth-order valence-corrected chi connectivity index (χ4v) is 3.01. The van der Waals surface area contributed by atoms with E-state index in [4.69, 9.17) is 21.7 Å². The van der Waals surface area contributed by atoms with Gasteiger partial charge in [-0.25, -0.2) is 0 Å². The molecule has 1 aromatic carbocycles. The molecule has 1 fully saturated rings. The summed E-state index contributed by atoms with van der Waals surface area (Å²) >= 11 is 5.31. The van der Waals surface area contributed by atoms with Crippen LogP contribution in [-0.2, 0) is 11.3 Å². The summed E-state index contributed by atoms with van der Waals surface area (Å²) in [5, 5.41) is 7.04. The third kappa shape index (κ3) is 4.16. The number of hydrogen-bond donors (Lipinski definition) is 1. The summed E-state index contributed by atoms with van der Waals surface area (Å²) in [5.41, 5.74) is 0.690. The molecule has 0 spiro atoms. The van der Waals surface area contributed by atoms with Crippen molar-refractivity contribution in [1.29, 1.82) is 0 Å². The largest absolute Gasteiger partial charge is 0.490 e. The normalized spacial score (nSPS) is 17.2. The summed E-state index contributed by atoms with van der Waals surface area (Å²) in [6.45, 7) is 0.514. The van der Waals surface area contributed by atoms with Crippen LogP contribution in [0.1, 0.15) is 19.8 Å². The first-order valence-electron chi connectivity index (χ1n) is 8.07. The first-order valence-corrected chi connectivity index (χ1v) is 8.48. The first-order chi connectivity index (χ1) is 12.1. The summed E-state index contributed by atoms with van der Waals surface area (Å²) in [7, 11) is 0. The number of rotatable bonds is 7. The number of hydrogen-bond acceptors (Lipinski definition) is 5. The number of H-pyrrole nitrogens is 1. The fourth-order valence-electron chi connectivity index (χ4n) is 2.81. The molecule has 0 amide bonds. The van der Waals surface area contributed by atoms with E-state index in [0.717, 1.165) is 19.4 Å². The van der Waals surface area contributed by atoms with Crippen molar-refractivity contribution in [3.8, 4) is 22.9 Å². The molecule has 9 heteroatoms. The number of aromatic nitrogens is 3. The average molecular weight is 371 g/mol. The van der Waals surface area contributed by atoms with Crippen LogP contribution in [-0.4, -0.2) is 40.7 Å². The molecule has 0 aliphatic carbocycles. The quantitative estimate of drug-likeness (QED) is 0.751. The molecule has 25 heavy (non-hydrogen) atoms. The van der Waals surface area contributed by atoms with Crippen LogP contribution in [0.5, 0.6) is 11.5 Å². The Morgan fingerprint density at radius 1 is 1.44 bits per heavy atom. The van der Waals surface area contributed by atoms with Crippen LogP contribution >= 0.6 is 12.2 Å². The molecule has 6 nitrogen and oxygen atoms in total. The van der Waals surface area contributed by atoms with Gasteiger partial charge in [0.15, 0.2) is 22.1 Å². The Kier molecular flexibility index (Phi) is 5.64. The third-order valence-corrected chi connectivity index (χ3v) is 4.20. The van der Waals surface area contributed by atoms with E-state index in [-0.39, 0.29) is 17.6 Å². The molecular weight excluding hydrogens is 352 g/mol. The highest BCUT2D eigenvalue weighted by Gasteiger charge is 2.20. The van der Waals surface area contributed by atoms with Crippen LogP contribution in [0.4, 0.5) is 8.78 Å². The van der Waals surface area contributed by atoms with Crippen LogP contribution in [0.2, 0.25) is 0 Å². The zero-order valence-electron chi connectivity index (χ0n) is 13.7. The van der Waals surface area contributed by atoms with Gasteiger partial charge in [-0.1, -0.05) is 0 Å². The van der Waals surface area contributed by atoms with Crippen molar-refractivity contribution in [2.75, 3.05) is 13.2 Å². The van der Waals surface area contributed by atoms with Gasteiger partial charge in [0.05, 0.1) is 19.3 Å². The van der Waals surface area contributed by atoms with Gasteiger partial charge in [-0.2, -0.15) is 13.9 Å². The van der Waals surface area contributed by atoms with Crippen molar-refractivity contribution in [3.63, 3.8) is 0 Å². The van der Waals surface area contributed by atoms with E-state index < -0.39 is 6.61 Å². The van der Waals surface area contributed by atoms with Crippen molar-refractivity contribution in [1.82, 2.24) is 14.8 Å². The Morgan fingerprint density at radius 3 is 2.96 bits per heavy atom. The van der Waals surface area contributed by atoms with Gasteiger partial charge in [-0.05, 0) is 50.2 Å². The van der Waals surface area contributed by atoms with Crippen molar-refractivity contribution < 1.29 is 23.0 Å². The minimum Gasteiger partial charge on any atom is -0.490 e. The van der Waals surface area contributed by atoms with E-state index in [0.29, 0.717) is 29.3 Å². The number of ether oxygens (including phenoxy) is 3. The monoisotopic (exact) mass is 371 g/mol. The number of aromatic amines is 1. The highest BCUT2D eigenvalue weighted by atomic mass is 32.1. The number of alkyl halides is 2. The Morgan fingerprint density at radius 2 is 2.28 bits per heavy atom. The maximum Gasteiger partial charge on any atom is 0.387 e. The highest BCUT2D eigenvalue weighted by Crippen LogP contribution is 2.33. The minimum absolute atomic E-state index is 0.0135. The number of benzene rings is 1. The summed E-state index contributed by atoms with van der Waals surface area (Å²) < 4.78 is 43.0. The molecule has 0 bridgehead atoms. The summed E-state index contributed by atoms with van der Waals surface area (Å²) in [5.74, 6) is 0.823. The molecule has 1 N–H and O–H groups in total. The molecule has 1 saturated heterocycles. The molecule has 0 saturated carbocycles. The molecule has 136 valence electrons. The average Bonchev–Trinajstić information content (AvgIpc) is 3.20. The standard InChI is InChI=1S/C16H19F2N3O3S/c1-2-22-13-8-10(5-6-12(13)24-15(17)18)14-19-20-16(25)21(14)9-11-4-3-7-23-11/h5-6,8,11,15H,2-4,7,9H2,1H3,(H,20,25)/t11-/m0/s1. The Labute approximate surface area is 148 Å². The lowest BCUT2D eigenvalue weighted by atomic mass is 10.1. The summed E-state index contributed by atoms with van der Waals surface area (Å²) in [6.07, 6.45) is 2.09. The topological polar surface area (TPSA) is 61.3 Å². The SMILES string of the molecule is CCOc1cc(-c2n[nH]c(=S)n2C[C@@H]2CCCO2)ccc1OC(F)F. The highest BCUT2D eigenvalue weighted by molar-refractivity contribution is 7.71. The summed E-state index contributed by atoms with van der Waals surface area (Å²) in [4.78, 5) is 0. The maximum absolute atomic E-state index is 12.5.